The highest BCUT2D eigenvalue weighted by Gasteiger charge is 2.21. The molecule has 0 bridgehead atoms. The van der Waals surface area contributed by atoms with Crippen molar-refractivity contribution in [3.63, 3.8) is 0 Å². The van der Waals surface area contributed by atoms with Crippen molar-refractivity contribution in [3.8, 4) is 22.5 Å². The van der Waals surface area contributed by atoms with Crippen LogP contribution in [0.1, 0.15) is 5.56 Å². The van der Waals surface area contributed by atoms with Crippen LogP contribution >= 0.6 is 0 Å². The number of anilines is 3. The summed E-state index contributed by atoms with van der Waals surface area (Å²) in [5.41, 5.74) is 14.0. The predicted octanol–water partition coefficient (Wildman–Crippen LogP) is 13.3. The summed E-state index contributed by atoms with van der Waals surface area (Å²) in [6.45, 7) is 2.17. The van der Waals surface area contributed by atoms with E-state index in [2.05, 4.69) is 215 Å². The summed E-state index contributed by atoms with van der Waals surface area (Å²) in [6, 6.07) is 70.3. The lowest BCUT2D eigenvalue weighted by Crippen LogP contribution is -2.10. The Kier molecular flexibility index (Phi) is 7.04. The van der Waals surface area contributed by atoms with Crippen LogP contribution in [0.3, 0.4) is 0 Å². The van der Waals surface area contributed by atoms with E-state index in [1.54, 1.807) is 0 Å². The molecule has 0 aliphatic carbocycles. The molecule has 2 aromatic heterocycles. The molecule has 0 saturated heterocycles. The van der Waals surface area contributed by atoms with Gasteiger partial charge >= 0.3 is 0 Å². The summed E-state index contributed by atoms with van der Waals surface area (Å²) in [5.74, 6) is 0. The molecular formula is C49H35N3. The SMILES string of the molecule is Cc1cccc(N(c2cccc(-c3ccc4c5ccccc5n(-c5ccccc5)c4c3)c2)c2cccc3c2c2ccccc2n3-c2ccccc2)c1. The molecule has 8 aromatic carbocycles. The fraction of sp³-hybridized carbons (Fsp3) is 0.0204. The molecule has 3 nitrogen and oxygen atoms in total. The Labute approximate surface area is 302 Å². The van der Waals surface area contributed by atoms with Gasteiger partial charge in [0.25, 0.3) is 0 Å². The van der Waals surface area contributed by atoms with E-state index in [-0.39, 0.29) is 0 Å². The van der Waals surface area contributed by atoms with Crippen LogP contribution in [0.15, 0.2) is 194 Å². The Bertz CT molecular complexity index is 2910. The number of benzene rings is 8. The molecule has 0 aliphatic rings. The first-order chi connectivity index (χ1) is 25.7. The van der Waals surface area contributed by atoms with Crippen LogP contribution < -0.4 is 4.90 Å². The van der Waals surface area contributed by atoms with Gasteiger partial charge in [0.05, 0.1) is 27.8 Å². The van der Waals surface area contributed by atoms with E-state index in [1.807, 2.05) is 0 Å². The van der Waals surface area contributed by atoms with Crippen LogP contribution in [-0.4, -0.2) is 9.13 Å². The molecule has 0 radical (unpaired) electrons. The monoisotopic (exact) mass is 665 g/mol. The lowest BCUT2D eigenvalue weighted by molar-refractivity contribution is 1.18. The zero-order chi connectivity index (χ0) is 34.6. The van der Waals surface area contributed by atoms with Crippen LogP contribution in [0.25, 0.3) is 66.1 Å². The fourth-order valence-electron chi connectivity index (χ4n) is 8.07. The third kappa shape index (κ3) is 4.82. The number of aryl methyl sites for hydroxylation is 1. The van der Waals surface area contributed by atoms with Crippen LogP contribution in [0.4, 0.5) is 17.1 Å². The number of fused-ring (bicyclic) bond motifs is 6. The highest BCUT2D eigenvalue weighted by atomic mass is 15.1. The van der Waals surface area contributed by atoms with Gasteiger partial charge in [-0.25, -0.2) is 0 Å². The minimum atomic E-state index is 1.11. The Balaban J connectivity index is 1.20. The summed E-state index contributed by atoms with van der Waals surface area (Å²) in [6.07, 6.45) is 0. The maximum absolute atomic E-state index is 2.43. The van der Waals surface area contributed by atoms with Gasteiger partial charge < -0.3 is 14.0 Å². The van der Waals surface area contributed by atoms with Gasteiger partial charge in [-0.05, 0) is 102 Å². The molecule has 52 heavy (non-hydrogen) atoms. The molecule has 0 N–H and O–H groups in total. The summed E-state index contributed by atoms with van der Waals surface area (Å²) in [4.78, 5) is 2.43. The van der Waals surface area contributed by atoms with Crippen LogP contribution in [0.5, 0.6) is 0 Å². The van der Waals surface area contributed by atoms with Crippen molar-refractivity contribution in [1.82, 2.24) is 9.13 Å². The van der Waals surface area contributed by atoms with Gasteiger partial charge in [-0.1, -0.05) is 115 Å². The third-order valence-electron chi connectivity index (χ3n) is 10.3. The van der Waals surface area contributed by atoms with Gasteiger partial charge in [0.15, 0.2) is 0 Å². The van der Waals surface area contributed by atoms with Crippen LogP contribution in [0.2, 0.25) is 0 Å². The van der Waals surface area contributed by atoms with Gasteiger partial charge in [-0.15, -0.1) is 0 Å². The highest BCUT2D eigenvalue weighted by molar-refractivity contribution is 6.16. The average molecular weight is 666 g/mol. The predicted molar refractivity (Wildman–Crippen MR) is 220 cm³/mol. The molecule has 3 heteroatoms. The average Bonchev–Trinajstić information content (AvgIpc) is 3.72. The van der Waals surface area contributed by atoms with Crippen molar-refractivity contribution < 1.29 is 0 Å². The molecule has 0 spiro atoms. The van der Waals surface area contributed by atoms with E-state index in [1.165, 1.54) is 60.3 Å². The molecule has 10 aromatic rings. The zero-order valence-corrected chi connectivity index (χ0v) is 28.8. The molecule has 2 heterocycles. The second-order valence-electron chi connectivity index (χ2n) is 13.5. The zero-order valence-electron chi connectivity index (χ0n) is 28.8. The molecule has 0 fully saturated rings. The first-order valence-electron chi connectivity index (χ1n) is 17.9. The van der Waals surface area contributed by atoms with Gasteiger partial charge in [-0.2, -0.15) is 0 Å². The molecule has 0 unspecified atom stereocenters. The highest BCUT2D eigenvalue weighted by Crippen LogP contribution is 2.45. The Morgan fingerprint density at radius 1 is 0.365 bits per heavy atom. The number of nitrogens with zero attached hydrogens (tertiary/aromatic N) is 3. The van der Waals surface area contributed by atoms with Crippen molar-refractivity contribution >= 4 is 60.7 Å². The number of rotatable bonds is 6. The number of hydrogen-bond donors (Lipinski definition) is 0. The van der Waals surface area contributed by atoms with Crippen molar-refractivity contribution in [3.05, 3.63) is 200 Å². The first kappa shape index (κ1) is 30.0. The summed E-state index contributed by atoms with van der Waals surface area (Å²) >= 11 is 0. The van der Waals surface area contributed by atoms with Crippen molar-refractivity contribution in [1.29, 1.82) is 0 Å². The lowest BCUT2D eigenvalue weighted by Gasteiger charge is -2.27. The van der Waals surface area contributed by atoms with E-state index >= 15 is 0 Å². The summed E-state index contributed by atoms with van der Waals surface area (Å²) in [7, 11) is 0. The van der Waals surface area contributed by atoms with E-state index in [9.17, 15) is 0 Å². The van der Waals surface area contributed by atoms with Gasteiger partial charge in [0.2, 0.25) is 0 Å². The normalized spacial score (nSPS) is 11.6. The van der Waals surface area contributed by atoms with E-state index in [4.69, 9.17) is 0 Å². The van der Waals surface area contributed by atoms with Crippen LogP contribution in [0, 0.1) is 6.92 Å². The molecular weight excluding hydrogens is 631 g/mol. The Morgan fingerprint density at radius 2 is 0.904 bits per heavy atom. The summed E-state index contributed by atoms with van der Waals surface area (Å²) < 4.78 is 4.78. The van der Waals surface area contributed by atoms with Gasteiger partial charge in [0.1, 0.15) is 0 Å². The summed E-state index contributed by atoms with van der Waals surface area (Å²) in [5, 5.41) is 4.96. The molecule has 0 atom stereocenters. The number of aromatic nitrogens is 2. The van der Waals surface area contributed by atoms with Crippen molar-refractivity contribution in [2.75, 3.05) is 4.90 Å². The molecule has 0 saturated carbocycles. The molecule has 10 rings (SSSR count). The Hall–Kier alpha value is -6.84. The van der Waals surface area contributed by atoms with Gasteiger partial charge in [0, 0.05) is 44.3 Å². The minimum Gasteiger partial charge on any atom is -0.310 e. The van der Waals surface area contributed by atoms with E-state index in [0.717, 1.165) is 28.4 Å². The number of para-hydroxylation sites is 4. The van der Waals surface area contributed by atoms with Crippen molar-refractivity contribution in [2.45, 2.75) is 6.92 Å². The van der Waals surface area contributed by atoms with Gasteiger partial charge in [-0.3, -0.25) is 0 Å². The Morgan fingerprint density at radius 3 is 1.63 bits per heavy atom. The largest absolute Gasteiger partial charge is 0.310 e. The van der Waals surface area contributed by atoms with Crippen molar-refractivity contribution in [2.24, 2.45) is 0 Å². The number of hydrogen-bond acceptors (Lipinski definition) is 1. The second kappa shape index (κ2) is 12.2. The second-order valence-corrected chi connectivity index (χ2v) is 13.5. The smallest absolute Gasteiger partial charge is 0.0562 e. The standard InChI is InChI=1S/C49H35N3/c1-34-15-12-21-39(31-34)50(46-27-14-28-47-49(46)43-24-9-11-26-45(43)51(47)37-17-4-2-5-18-37)40-22-13-16-35(32-40)36-29-30-42-41-23-8-10-25-44(41)52(48(42)33-36)38-19-6-3-7-20-38/h2-33H,1H3. The first-order valence-corrected chi connectivity index (χ1v) is 17.9. The molecule has 0 amide bonds. The molecule has 0 aliphatic heterocycles. The van der Waals surface area contributed by atoms with E-state index in [0.29, 0.717) is 0 Å². The maximum Gasteiger partial charge on any atom is 0.0562 e. The lowest BCUT2D eigenvalue weighted by atomic mass is 10.0. The third-order valence-corrected chi connectivity index (χ3v) is 10.3. The quantitative estimate of drug-likeness (QED) is 0.172. The fourth-order valence-corrected chi connectivity index (χ4v) is 8.07. The molecule has 246 valence electrons. The maximum atomic E-state index is 2.43. The van der Waals surface area contributed by atoms with Crippen LogP contribution in [-0.2, 0) is 0 Å². The van der Waals surface area contributed by atoms with E-state index < -0.39 is 0 Å². The topological polar surface area (TPSA) is 13.1 Å². The minimum absolute atomic E-state index is 1.11.